The monoisotopic (exact) mass is 768 g/mol. The summed E-state index contributed by atoms with van der Waals surface area (Å²) in [6.07, 6.45) is 11.5. The van der Waals surface area contributed by atoms with Crippen LogP contribution in [0, 0.1) is 17.3 Å². The van der Waals surface area contributed by atoms with Crippen molar-refractivity contribution in [3.63, 3.8) is 0 Å². The van der Waals surface area contributed by atoms with E-state index in [-0.39, 0.29) is 30.9 Å². The molecule has 3 aliphatic carbocycles. The first-order chi connectivity index (χ1) is 27.0. The van der Waals surface area contributed by atoms with E-state index in [1.807, 2.05) is 58.3 Å². The first kappa shape index (κ1) is 39.4. The van der Waals surface area contributed by atoms with Gasteiger partial charge in [0.2, 0.25) is 5.91 Å². The summed E-state index contributed by atoms with van der Waals surface area (Å²) in [6, 6.07) is 15.1. The first-order valence-electron chi connectivity index (χ1n) is 21.1. The summed E-state index contributed by atoms with van der Waals surface area (Å²) in [5, 5.41) is 15.7. The fourth-order valence-corrected chi connectivity index (χ4v) is 10.3. The highest BCUT2D eigenvalue weighted by Crippen LogP contribution is 2.61. The molecule has 0 aromatic heterocycles. The van der Waals surface area contributed by atoms with E-state index in [0.29, 0.717) is 43.4 Å². The molecule has 2 aromatic rings. The van der Waals surface area contributed by atoms with Gasteiger partial charge in [0.25, 0.3) is 0 Å². The van der Waals surface area contributed by atoms with E-state index in [1.54, 1.807) is 12.0 Å². The van der Waals surface area contributed by atoms with Crippen LogP contribution in [0.1, 0.15) is 102 Å². The minimum atomic E-state index is -1.12. The second-order valence-corrected chi connectivity index (χ2v) is 18.1. The van der Waals surface area contributed by atoms with Crippen LogP contribution in [0.25, 0.3) is 0 Å². The molecule has 5 fully saturated rings. The van der Waals surface area contributed by atoms with Crippen molar-refractivity contribution in [3.8, 4) is 5.75 Å². The highest BCUT2D eigenvalue weighted by molar-refractivity contribution is 6.47. The van der Waals surface area contributed by atoms with Gasteiger partial charge in [0.1, 0.15) is 11.9 Å². The summed E-state index contributed by atoms with van der Waals surface area (Å²) in [6.45, 7) is 9.11. The number of methoxy groups -OCH3 is 1. The fourth-order valence-electron chi connectivity index (χ4n) is 10.3. The van der Waals surface area contributed by atoms with Crippen LogP contribution in [0.3, 0.4) is 0 Å². The molecule has 2 N–H and O–H groups in total. The smallest absolute Gasteiger partial charge is 0.481 e. The van der Waals surface area contributed by atoms with E-state index in [1.165, 1.54) is 6.42 Å². The lowest BCUT2D eigenvalue weighted by Crippen LogP contribution is -2.57. The molecule has 302 valence electrons. The first-order valence-corrected chi connectivity index (χ1v) is 21.1. The van der Waals surface area contributed by atoms with Gasteiger partial charge in [-0.3, -0.25) is 14.6 Å². The number of hydrogen-bond donors (Lipinski definition) is 2. The second kappa shape index (κ2) is 16.4. The number of rotatable bonds is 5. The molecule has 7 aliphatic rings. The minimum Gasteiger partial charge on any atom is -0.497 e. The molecule has 9 rings (SSSR count). The van der Waals surface area contributed by atoms with Crippen LogP contribution in [-0.2, 0) is 38.5 Å². The molecule has 4 heterocycles. The number of allylic oxidation sites excluding steroid dienone is 1. The van der Waals surface area contributed by atoms with Crippen LogP contribution in [0.2, 0.25) is 0 Å². The normalized spacial score (nSPS) is 34.4. The van der Waals surface area contributed by atoms with Gasteiger partial charge in [0.15, 0.2) is 6.35 Å². The third-order valence-corrected chi connectivity index (χ3v) is 14.1. The van der Waals surface area contributed by atoms with E-state index >= 15 is 0 Å². The van der Waals surface area contributed by atoms with Crippen molar-refractivity contribution < 1.29 is 33.5 Å². The summed E-state index contributed by atoms with van der Waals surface area (Å²) in [4.78, 5) is 33.8. The number of nitrogens with zero attached hydrogens (tertiary/aromatic N) is 3. The molecule has 2 amide bonds. The molecule has 56 heavy (non-hydrogen) atoms. The van der Waals surface area contributed by atoms with Crippen molar-refractivity contribution in [2.24, 2.45) is 17.3 Å². The Morgan fingerprint density at radius 2 is 1.71 bits per heavy atom. The van der Waals surface area contributed by atoms with Crippen LogP contribution >= 0.6 is 0 Å². The molecule has 11 nitrogen and oxygen atoms in total. The van der Waals surface area contributed by atoms with Gasteiger partial charge < -0.3 is 29.2 Å². The van der Waals surface area contributed by atoms with Gasteiger partial charge in [-0.25, -0.2) is 9.69 Å². The molecular weight excluding hydrogens is 707 g/mol. The van der Waals surface area contributed by atoms with Gasteiger partial charge in [0, 0.05) is 39.1 Å². The number of carbonyl (C=O) groups excluding carboxylic acids is 2. The number of amides is 2. The highest BCUT2D eigenvalue weighted by Gasteiger charge is 2.61. The summed E-state index contributed by atoms with van der Waals surface area (Å²) in [5.74, 6) is 1.43. The maximum Gasteiger partial charge on any atom is 0.481 e. The Hall–Kier alpha value is -3.42. The van der Waals surface area contributed by atoms with Crippen molar-refractivity contribution in [2.75, 3.05) is 20.2 Å². The van der Waals surface area contributed by atoms with Crippen LogP contribution in [0.15, 0.2) is 60.7 Å². The predicted octanol–water partition coefficient (Wildman–Crippen LogP) is 6.42. The maximum atomic E-state index is 14.7. The average molecular weight is 769 g/mol. The Morgan fingerprint density at radius 1 is 0.964 bits per heavy atom. The summed E-state index contributed by atoms with van der Waals surface area (Å²) in [7, 11) is 1.10. The molecule has 2 saturated heterocycles. The molecule has 12 heteroatoms. The van der Waals surface area contributed by atoms with E-state index in [2.05, 4.69) is 38.2 Å². The standard InChI is InChI=1S/C44H61BN4O7/c1-43(2)33-22-34(43)25-44(3)38(23-33)55-45(56-44)39-16-10-8-6-5-7-9-13-21-47(26-30-17-19-35(53-4)20-18-30)41(51)49-29-36(24-37(49)40(50)46-39)54-42(52)48-27-31-14-11-12-15-32(31)28-48/h9,11-15,17-20,33-34,36-39,41,51H,5-8,10,16,21-29H2,1-4H3,(H,46,50)/b13-9+/t33-,34+,36-,37?,38?,39?,41?,44-/m1/s1. The lowest BCUT2D eigenvalue weighted by molar-refractivity contribution is -0.144. The van der Waals surface area contributed by atoms with E-state index in [4.69, 9.17) is 18.8 Å². The Labute approximate surface area is 333 Å². The lowest BCUT2D eigenvalue weighted by Gasteiger charge is -2.51. The van der Waals surface area contributed by atoms with Crippen molar-refractivity contribution in [3.05, 3.63) is 77.4 Å². The Kier molecular flexibility index (Phi) is 11.6. The number of nitrogens with one attached hydrogen (secondary N) is 1. The van der Waals surface area contributed by atoms with Gasteiger partial charge in [-0.05, 0) is 91.5 Å². The van der Waals surface area contributed by atoms with Crippen LogP contribution < -0.4 is 10.1 Å². The number of ether oxygens (including phenoxy) is 2. The molecule has 8 atom stereocenters. The number of aliphatic hydroxyl groups excluding tert-OH is 1. The zero-order chi connectivity index (χ0) is 39.0. The number of benzene rings is 2. The summed E-state index contributed by atoms with van der Waals surface area (Å²) >= 11 is 0. The van der Waals surface area contributed by atoms with Gasteiger partial charge in [-0.1, -0.05) is 81.7 Å². The Morgan fingerprint density at radius 3 is 2.45 bits per heavy atom. The molecule has 2 aromatic carbocycles. The third-order valence-electron chi connectivity index (χ3n) is 14.1. The highest BCUT2D eigenvalue weighted by atomic mass is 16.7. The minimum absolute atomic E-state index is 0.00912. The van der Waals surface area contributed by atoms with Crippen molar-refractivity contribution in [2.45, 2.75) is 141 Å². The number of hydrogen-bond acceptors (Lipinski definition) is 9. The van der Waals surface area contributed by atoms with Crippen LogP contribution in [0.5, 0.6) is 5.75 Å². The SMILES string of the molecule is COc1ccc(CN2C/C=C/CCCCCCC(B3OC4C[C@H]5C[C@@H](C[C@@]4(C)O3)C5(C)C)NC(=O)C3C[C@@H](OC(=O)N4Cc5ccccc5C4)CN3C2O)cc1. The fraction of sp³-hybridized carbons (Fsp3) is 0.636. The van der Waals surface area contributed by atoms with E-state index in [9.17, 15) is 14.7 Å². The lowest BCUT2D eigenvalue weighted by atomic mass is 9.54. The molecule has 4 unspecified atom stereocenters. The molecule has 0 radical (unpaired) electrons. The molecule has 3 saturated carbocycles. The maximum absolute atomic E-state index is 14.7. The zero-order valence-corrected chi connectivity index (χ0v) is 33.7. The average Bonchev–Trinajstić information content (AvgIpc) is 3.87. The van der Waals surface area contributed by atoms with E-state index < -0.39 is 37.3 Å². The Bertz CT molecular complexity index is 1720. The molecule has 0 spiro atoms. The van der Waals surface area contributed by atoms with Gasteiger partial charge in [-0.15, -0.1) is 0 Å². The van der Waals surface area contributed by atoms with Gasteiger partial charge in [0.05, 0.1) is 30.8 Å². The Balaban J connectivity index is 1.03. The van der Waals surface area contributed by atoms with Crippen LogP contribution in [0.4, 0.5) is 4.79 Å². The van der Waals surface area contributed by atoms with Gasteiger partial charge in [-0.2, -0.15) is 0 Å². The predicted molar refractivity (Wildman–Crippen MR) is 214 cm³/mol. The number of fused-ring (bicyclic) bond motifs is 2. The van der Waals surface area contributed by atoms with Crippen LogP contribution in [-0.4, -0.2) is 95.3 Å². The zero-order valence-electron chi connectivity index (χ0n) is 33.7. The van der Waals surface area contributed by atoms with Gasteiger partial charge >= 0.3 is 13.2 Å². The summed E-state index contributed by atoms with van der Waals surface area (Å²) in [5.41, 5.74) is 3.14. The van der Waals surface area contributed by atoms with Crippen molar-refractivity contribution in [1.82, 2.24) is 20.0 Å². The third kappa shape index (κ3) is 8.14. The molecular formula is C44H61BN4O7. The van der Waals surface area contributed by atoms with E-state index in [0.717, 1.165) is 73.8 Å². The quantitative estimate of drug-likeness (QED) is 0.263. The van der Waals surface area contributed by atoms with Crippen molar-refractivity contribution in [1.29, 1.82) is 0 Å². The largest absolute Gasteiger partial charge is 0.497 e. The topological polar surface area (TPSA) is 113 Å². The van der Waals surface area contributed by atoms with Crippen molar-refractivity contribution >= 4 is 19.1 Å². The second-order valence-electron chi connectivity index (χ2n) is 18.1. The number of aliphatic hydroxyl groups is 1. The number of carbonyl (C=O) groups is 2. The summed E-state index contributed by atoms with van der Waals surface area (Å²) < 4.78 is 25.3. The molecule has 4 aliphatic heterocycles. The molecule has 2 bridgehead atoms.